The van der Waals surface area contributed by atoms with Gasteiger partial charge in [-0.15, -0.1) is 0 Å². The zero-order valence-corrected chi connectivity index (χ0v) is 14.6. The average Bonchev–Trinajstić information content (AvgIpc) is 2.62. The SMILES string of the molecule is Cc1nc(Nc2ccccc2C)cc(C(=O)NCc2ccccc2F)n1. The van der Waals surface area contributed by atoms with Crippen LogP contribution in [0.5, 0.6) is 0 Å². The summed E-state index contributed by atoms with van der Waals surface area (Å²) in [6, 6.07) is 15.7. The van der Waals surface area contributed by atoms with Crippen LogP contribution in [-0.4, -0.2) is 15.9 Å². The van der Waals surface area contributed by atoms with Gasteiger partial charge >= 0.3 is 0 Å². The number of hydrogen-bond donors (Lipinski definition) is 2. The number of amides is 1. The van der Waals surface area contributed by atoms with E-state index < -0.39 is 0 Å². The molecule has 0 bridgehead atoms. The molecule has 132 valence electrons. The average molecular weight is 350 g/mol. The zero-order valence-electron chi connectivity index (χ0n) is 14.6. The van der Waals surface area contributed by atoms with E-state index in [1.807, 2.05) is 31.2 Å². The lowest BCUT2D eigenvalue weighted by Crippen LogP contribution is -2.25. The lowest BCUT2D eigenvalue weighted by atomic mass is 10.2. The van der Waals surface area contributed by atoms with E-state index in [-0.39, 0.29) is 24.0 Å². The number of halogens is 1. The highest BCUT2D eigenvalue weighted by atomic mass is 19.1. The zero-order chi connectivity index (χ0) is 18.5. The van der Waals surface area contributed by atoms with Gasteiger partial charge in [0, 0.05) is 23.9 Å². The largest absolute Gasteiger partial charge is 0.347 e. The molecule has 1 amide bonds. The number of aryl methyl sites for hydroxylation is 2. The van der Waals surface area contributed by atoms with Crippen molar-refractivity contribution in [2.75, 3.05) is 5.32 Å². The van der Waals surface area contributed by atoms with Gasteiger partial charge in [-0.1, -0.05) is 36.4 Å². The molecule has 1 heterocycles. The van der Waals surface area contributed by atoms with Gasteiger partial charge in [-0.25, -0.2) is 14.4 Å². The van der Waals surface area contributed by atoms with Crippen LogP contribution in [-0.2, 0) is 6.54 Å². The highest BCUT2D eigenvalue weighted by molar-refractivity contribution is 5.93. The molecule has 6 heteroatoms. The van der Waals surface area contributed by atoms with E-state index in [0.717, 1.165) is 11.3 Å². The molecule has 3 rings (SSSR count). The number of nitrogens with zero attached hydrogens (tertiary/aromatic N) is 2. The van der Waals surface area contributed by atoms with E-state index in [1.54, 1.807) is 31.2 Å². The van der Waals surface area contributed by atoms with Gasteiger partial charge in [0.15, 0.2) is 0 Å². The van der Waals surface area contributed by atoms with Crippen molar-refractivity contribution in [3.63, 3.8) is 0 Å². The second kappa shape index (κ2) is 7.74. The van der Waals surface area contributed by atoms with E-state index in [1.165, 1.54) is 6.07 Å². The van der Waals surface area contributed by atoms with Crippen molar-refractivity contribution in [2.45, 2.75) is 20.4 Å². The van der Waals surface area contributed by atoms with Crippen molar-refractivity contribution >= 4 is 17.4 Å². The Hall–Kier alpha value is -3.28. The fourth-order valence-electron chi connectivity index (χ4n) is 2.51. The lowest BCUT2D eigenvalue weighted by Gasteiger charge is -2.11. The fraction of sp³-hybridized carbons (Fsp3) is 0.150. The van der Waals surface area contributed by atoms with Gasteiger partial charge in [-0.05, 0) is 31.5 Å². The van der Waals surface area contributed by atoms with Crippen molar-refractivity contribution in [3.05, 3.63) is 83.1 Å². The summed E-state index contributed by atoms with van der Waals surface area (Å²) >= 11 is 0. The summed E-state index contributed by atoms with van der Waals surface area (Å²) in [6.45, 7) is 3.80. The monoisotopic (exact) mass is 350 g/mol. The molecular weight excluding hydrogens is 331 g/mol. The van der Waals surface area contributed by atoms with Crippen molar-refractivity contribution in [1.29, 1.82) is 0 Å². The number of benzene rings is 2. The molecule has 0 saturated carbocycles. The maximum absolute atomic E-state index is 13.7. The fourth-order valence-corrected chi connectivity index (χ4v) is 2.51. The van der Waals surface area contributed by atoms with Crippen LogP contribution >= 0.6 is 0 Å². The lowest BCUT2D eigenvalue weighted by molar-refractivity contribution is 0.0945. The first kappa shape index (κ1) is 17.5. The predicted octanol–water partition coefficient (Wildman–Crippen LogP) is 3.91. The first-order valence-electron chi connectivity index (χ1n) is 8.23. The van der Waals surface area contributed by atoms with Crippen molar-refractivity contribution in [3.8, 4) is 0 Å². The highest BCUT2D eigenvalue weighted by Gasteiger charge is 2.12. The van der Waals surface area contributed by atoms with E-state index in [0.29, 0.717) is 17.2 Å². The predicted molar refractivity (Wildman–Crippen MR) is 98.8 cm³/mol. The third-order valence-corrected chi connectivity index (χ3v) is 3.88. The molecule has 0 unspecified atom stereocenters. The first-order chi connectivity index (χ1) is 12.5. The molecule has 0 aliphatic carbocycles. The number of nitrogens with one attached hydrogen (secondary N) is 2. The Labute approximate surface area is 151 Å². The summed E-state index contributed by atoms with van der Waals surface area (Å²) in [6.07, 6.45) is 0. The van der Waals surface area contributed by atoms with Crippen LogP contribution in [0, 0.1) is 19.7 Å². The minimum absolute atomic E-state index is 0.0924. The number of para-hydroxylation sites is 1. The number of hydrogen-bond acceptors (Lipinski definition) is 4. The first-order valence-corrected chi connectivity index (χ1v) is 8.23. The van der Waals surface area contributed by atoms with Crippen LogP contribution in [0.4, 0.5) is 15.9 Å². The van der Waals surface area contributed by atoms with Gasteiger partial charge < -0.3 is 10.6 Å². The summed E-state index contributed by atoms with van der Waals surface area (Å²) in [5.41, 5.74) is 2.62. The summed E-state index contributed by atoms with van der Waals surface area (Å²) in [7, 11) is 0. The molecule has 0 atom stereocenters. The van der Waals surface area contributed by atoms with E-state index in [9.17, 15) is 9.18 Å². The maximum Gasteiger partial charge on any atom is 0.270 e. The van der Waals surface area contributed by atoms with Crippen molar-refractivity contribution < 1.29 is 9.18 Å². The molecule has 5 nitrogen and oxygen atoms in total. The minimum Gasteiger partial charge on any atom is -0.347 e. The molecular formula is C20H19FN4O. The Bertz CT molecular complexity index is 943. The third kappa shape index (κ3) is 4.22. The molecule has 2 N–H and O–H groups in total. The second-order valence-electron chi connectivity index (χ2n) is 5.90. The number of anilines is 2. The number of aromatic nitrogens is 2. The van der Waals surface area contributed by atoms with Gasteiger partial charge in [-0.2, -0.15) is 0 Å². The number of rotatable bonds is 5. The smallest absolute Gasteiger partial charge is 0.270 e. The summed E-state index contributed by atoms with van der Waals surface area (Å²) < 4.78 is 13.7. The molecule has 0 radical (unpaired) electrons. The van der Waals surface area contributed by atoms with Gasteiger partial charge in [0.25, 0.3) is 5.91 Å². The molecule has 0 aliphatic rings. The Morgan fingerprint density at radius 2 is 1.77 bits per heavy atom. The van der Waals surface area contributed by atoms with E-state index >= 15 is 0 Å². The topological polar surface area (TPSA) is 66.9 Å². The molecule has 26 heavy (non-hydrogen) atoms. The van der Waals surface area contributed by atoms with Gasteiger partial charge in [0.2, 0.25) is 0 Å². The van der Waals surface area contributed by atoms with Crippen molar-refractivity contribution in [2.24, 2.45) is 0 Å². The van der Waals surface area contributed by atoms with Crippen LogP contribution in [0.1, 0.15) is 27.4 Å². The van der Waals surface area contributed by atoms with Crippen LogP contribution in [0.2, 0.25) is 0 Å². The summed E-state index contributed by atoms with van der Waals surface area (Å²) in [4.78, 5) is 20.9. The molecule has 0 fully saturated rings. The third-order valence-electron chi connectivity index (χ3n) is 3.88. The number of carbonyl (C=O) groups is 1. The highest BCUT2D eigenvalue weighted by Crippen LogP contribution is 2.19. The van der Waals surface area contributed by atoms with E-state index in [4.69, 9.17) is 0 Å². The molecule has 0 saturated heterocycles. The van der Waals surface area contributed by atoms with Crippen LogP contribution < -0.4 is 10.6 Å². The van der Waals surface area contributed by atoms with Crippen LogP contribution in [0.15, 0.2) is 54.6 Å². The Morgan fingerprint density at radius 3 is 2.54 bits per heavy atom. The Morgan fingerprint density at radius 1 is 1.04 bits per heavy atom. The molecule has 3 aromatic rings. The normalized spacial score (nSPS) is 10.4. The van der Waals surface area contributed by atoms with Crippen molar-refractivity contribution in [1.82, 2.24) is 15.3 Å². The second-order valence-corrected chi connectivity index (χ2v) is 5.90. The van der Waals surface area contributed by atoms with E-state index in [2.05, 4.69) is 20.6 Å². The Kier molecular flexibility index (Phi) is 5.22. The van der Waals surface area contributed by atoms with Gasteiger partial charge in [0.05, 0.1) is 0 Å². The number of carbonyl (C=O) groups excluding carboxylic acids is 1. The minimum atomic E-state index is -0.383. The van der Waals surface area contributed by atoms with Crippen LogP contribution in [0.25, 0.3) is 0 Å². The van der Waals surface area contributed by atoms with Gasteiger partial charge in [-0.3, -0.25) is 4.79 Å². The maximum atomic E-state index is 13.7. The summed E-state index contributed by atoms with van der Waals surface area (Å²) in [5.74, 6) is 0.266. The molecule has 0 spiro atoms. The van der Waals surface area contributed by atoms with Gasteiger partial charge in [0.1, 0.15) is 23.2 Å². The quantitative estimate of drug-likeness (QED) is 0.732. The standard InChI is InChI=1S/C20H19FN4O/c1-13-7-3-6-10-17(13)25-19-11-18(23-14(2)24-19)20(26)22-12-15-8-4-5-9-16(15)21/h3-11H,12H2,1-2H3,(H,22,26)(H,23,24,25). The molecule has 2 aromatic carbocycles. The van der Waals surface area contributed by atoms with Crippen LogP contribution in [0.3, 0.4) is 0 Å². The molecule has 0 aliphatic heterocycles. The summed E-state index contributed by atoms with van der Waals surface area (Å²) in [5, 5.41) is 5.89. The Balaban J connectivity index is 1.75. The molecule has 1 aromatic heterocycles.